The highest BCUT2D eigenvalue weighted by molar-refractivity contribution is 9.10. The molecule has 0 unspecified atom stereocenters. The minimum Gasteiger partial charge on any atom is -0.481 e. The lowest BCUT2D eigenvalue weighted by Gasteiger charge is -2.31. The van der Waals surface area contributed by atoms with Crippen LogP contribution in [0, 0.1) is 5.82 Å². The van der Waals surface area contributed by atoms with Crippen LogP contribution in [-0.4, -0.2) is 22.5 Å². The first-order chi connectivity index (χ1) is 10.3. The van der Waals surface area contributed by atoms with Crippen LogP contribution in [0.5, 0.6) is 0 Å². The van der Waals surface area contributed by atoms with Crippen molar-refractivity contribution in [2.24, 2.45) is 0 Å². The van der Waals surface area contributed by atoms with Gasteiger partial charge in [-0.05, 0) is 43.0 Å². The number of carboxylic acids is 1. The lowest BCUT2D eigenvalue weighted by molar-refractivity contribution is -0.139. The zero-order chi connectivity index (χ0) is 16.8. The molecule has 0 saturated carbocycles. The van der Waals surface area contributed by atoms with Crippen molar-refractivity contribution in [1.82, 2.24) is 5.32 Å². The van der Waals surface area contributed by atoms with Crippen molar-refractivity contribution in [3.05, 3.63) is 34.1 Å². The molecule has 0 aliphatic heterocycles. The molecule has 1 aromatic carbocycles. The summed E-state index contributed by atoms with van der Waals surface area (Å²) >= 11 is 3.33. The molecule has 1 rings (SSSR count). The molecule has 0 radical (unpaired) electrons. The number of aryl methyl sites for hydroxylation is 1. The largest absolute Gasteiger partial charge is 0.481 e. The quantitative estimate of drug-likeness (QED) is 0.730. The minimum absolute atomic E-state index is 0.102. The topological polar surface area (TPSA) is 66.4 Å². The number of nitrogens with one attached hydrogen (secondary N) is 1. The molecule has 0 heterocycles. The van der Waals surface area contributed by atoms with Crippen molar-refractivity contribution in [2.75, 3.05) is 0 Å². The van der Waals surface area contributed by atoms with Gasteiger partial charge in [0.2, 0.25) is 5.91 Å². The Morgan fingerprint density at radius 3 is 2.50 bits per heavy atom. The molecular formula is C16H21BrFNO3. The zero-order valence-corrected chi connectivity index (χ0v) is 14.4. The van der Waals surface area contributed by atoms with Gasteiger partial charge in [0.15, 0.2) is 0 Å². The third-order valence-corrected chi connectivity index (χ3v) is 4.65. The number of carboxylic acid groups (broad SMARTS) is 1. The van der Waals surface area contributed by atoms with Crippen molar-refractivity contribution < 1.29 is 19.1 Å². The zero-order valence-electron chi connectivity index (χ0n) is 12.8. The number of aliphatic carboxylic acids is 1. The number of hydrogen-bond acceptors (Lipinski definition) is 2. The van der Waals surface area contributed by atoms with E-state index in [9.17, 15) is 14.0 Å². The predicted octanol–water partition coefficient (Wildman–Crippen LogP) is 3.67. The number of halogens is 2. The Morgan fingerprint density at radius 1 is 1.32 bits per heavy atom. The monoisotopic (exact) mass is 373 g/mol. The van der Waals surface area contributed by atoms with E-state index in [0.29, 0.717) is 24.8 Å². The fourth-order valence-electron chi connectivity index (χ4n) is 2.35. The van der Waals surface area contributed by atoms with Crippen LogP contribution < -0.4 is 5.32 Å². The number of hydrogen-bond donors (Lipinski definition) is 2. The van der Waals surface area contributed by atoms with Crippen LogP contribution >= 0.6 is 15.9 Å². The van der Waals surface area contributed by atoms with E-state index in [1.54, 1.807) is 6.07 Å². The molecule has 0 atom stereocenters. The van der Waals surface area contributed by atoms with E-state index in [1.165, 1.54) is 12.1 Å². The highest BCUT2D eigenvalue weighted by Gasteiger charge is 2.30. The van der Waals surface area contributed by atoms with E-state index in [4.69, 9.17) is 5.11 Å². The molecule has 0 aromatic heterocycles. The average molecular weight is 374 g/mol. The molecule has 122 valence electrons. The van der Waals surface area contributed by atoms with Crippen molar-refractivity contribution in [3.63, 3.8) is 0 Å². The molecule has 22 heavy (non-hydrogen) atoms. The van der Waals surface area contributed by atoms with E-state index >= 15 is 0 Å². The second kappa shape index (κ2) is 8.27. The van der Waals surface area contributed by atoms with E-state index in [2.05, 4.69) is 21.2 Å². The fourth-order valence-corrected chi connectivity index (χ4v) is 2.80. The normalized spacial score (nSPS) is 11.3. The molecule has 2 N–H and O–H groups in total. The molecule has 0 fully saturated rings. The summed E-state index contributed by atoms with van der Waals surface area (Å²) in [6.07, 6.45) is 1.57. The van der Waals surface area contributed by atoms with Crippen LogP contribution in [0.25, 0.3) is 0 Å². The van der Waals surface area contributed by atoms with Crippen LogP contribution in [0.4, 0.5) is 4.39 Å². The molecule has 6 heteroatoms. The molecule has 1 amide bonds. The van der Waals surface area contributed by atoms with Gasteiger partial charge in [-0.2, -0.15) is 0 Å². The Balaban J connectivity index is 2.68. The average Bonchev–Trinajstić information content (AvgIpc) is 2.47. The predicted molar refractivity (Wildman–Crippen MR) is 86.1 cm³/mol. The third kappa shape index (κ3) is 5.40. The molecule has 4 nitrogen and oxygen atoms in total. The molecule has 0 saturated heterocycles. The lowest BCUT2D eigenvalue weighted by Crippen LogP contribution is -2.49. The number of benzene rings is 1. The fraction of sp³-hybridized carbons (Fsp3) is 0.500. The van der Waals surface area contributed by atoms with Gasteiger partial charge in [-0.15, -0.1) is 0 Å². The van der Waals surface area contributed by atoms with E-state index in [-0.39, 0.29) is 24.6 Å². The molecule has 0 aliphatic rings. The maximum atomic E-state index is 13.2. The summed E-state index contributed by atoms with van der Waals surface area (Å²) < 4.78 is 14.0. The first kappa shape index (κ1) is 18.6. The molecule has 0 bridgehead atoms. The van der Waals surface area contributed by atoms with Crippen LogP contribution in [-0.2, 0) is 16.0 Å². The third-order valence-electron chi connectivity index (χ3n) is 3.88. The van der Waals surface area contributed by atoms with Crippen molar-refractivity contribution >= 4 is 27.8 Å². The van der Waals surface area contributed by atoms with Crippen molar-refractivity contribution in [2.45, 2.75) is 51.5 Å². The first-order valence-corrected chi connectivity index (χ1v) is 8.08. The summed E-state index contributed by atoms with van der Waals surface area (Å²) in [5, 5.41) is 11.8. The van der Waals surface area contributed by atoms with Crippen LogP contribution in [0.1, 0.15) is 45.1 Å². The second-order valence-corrected chi connectivity index (χ2v) is 6.20. The number of rotatable bonds is 8. The summed E-state index contributed by atoms with van der Waals surface area (Å²) in [6, 6.07) is 4.34. The summed E-state index contributed by atoms with van der Waals surface area (Å²) in [5.74, 6) is -1.50. The van der Waals surface area contributed by atoms with Gasteiger partial charge < -0.3 is 10.4 Å². The highest BCUT2D eigenvalue weighted by atomic mass is 79.9. The van der Waals surface area contributed by atoms with Crippen molar-refractivity contribution in [1.29, 1.82) is 0 Å². The highest BCUT2D eigenvalue weighted by Crippen LogP contribution is 2.22. The van der Waals surface area contributed by atoms with Gasteiger partial charge in [-0.1, -0.05) is 29.8 Å². The molecule has 0 spiro atoms. The number of amides is 1. The Hall–Kier alpha value is -1.43. The van der Waals surface area contributed by atoms with Crippen molar-refractivity contribution in [3.8, 4) is 0 Å². The number of carbonyl (C=O) groups excluding carboxylic acids is 1. The van der Waals surface area contributed by atoms with Gasteiger partial charge >= 0.3 is 5.97 Å². The standard InChI is InChI=1S/C16H21BrFNO3/c1-3-16(4-2,10-15(21)22)19-14(20)8-5-11-9-12(18)6-7-13(11)17/h6-7,9H,3-5,8,10H2,1-2H3,(H,19,20)(H,21,22). The number of carbonyl (C=O) groups is 2. The van der Waals surface area contributed by atoms with Crippen LogP contribution in [0.2, 0.25) is 0 Å². The van der Waals surface area contributed by atoms with Gasteiger partial charge in [0, 0.05) is 16.4 Å². The van der Waals surface area contributed by atoms with E-state index in [1.807, 2.05) is 13.8 Å². The molecular weight excluding hydrogens is 353 g/mol. The van der Waals surface area contributed by atoms with Crippen LogP contribution in [0.3, 0.4) is 0 Å². The SMILES string of the molecule is CCC(CC)(CC(=O)O)NC(=O)CCc1cc(F)ccc1Br. The summed E-state index contributed by atoms with van der Waals surface area (Å²) in [4.78, 5) is 23.1. The van der Waals surface area contributed by atoms with Gasteiger partial charge in [0.25, 0.3) is 0 Å². The van der Waals surface area contributed by atoms with Gasteiger partial charge in [-0.25, -0.2) is 4.39 Å². The lowest BCUT2D eigenvalue weighted by atomic mass is 9.88. The van der Waals surface area contributed by atoms with Gasteiger partial charge in [0.05, 0.1) is 6.42 Å². The van der Waals surface area contributed by atoms with Gasteiger partial charge in [0.1, 0.15) is 5.82 Å². The maximum absolute atomic E-state index is 13.2. The van der Waals surface area contributed by atoms with Crippen LogP contribution in [0.15, 0.2) is 22.7 Å². The first-order valence-electron chi connectivity index (χ1n) is 7.28. The Kier molecular flexibility index (Phi) is 7.00. The van der Waals surface area contributed by atoms with E-state index in [0.717, 1.165) is 4.47 Å². The summed E-state index contributed by atoms with van der Waals surface area (Å²) in [5.41, 5.74) is -0.00535. The van der Waals surface area contributed by atoms with Gasteiger partial charge in [-0.3, -0.25) is 9.59 Å². The Morgan fingerprint density at radius 2 is 1.95 bits per heavy atom. The minimum atomic E-state index is -0.933. The smallest absolute Gasteiger partial charge is 0.305 e. The Bertz CT molecular complexity index is 544. The molecule has 1 aromatic rings. The van der Waals surface area contributed by atoms with E-state index < -0.39 is 11.5 Å². The molecule has 0 aliphatic carbocycles. The summed E-state index contributed by atoms with van der Waals surface area (Å²) in [6.45, 7) is 3.71. The summed E-state index contributed by atoms with van der Waals surface area (Å²) in [7, 11) is 0. The second-order valence-electron chi connectivity index (χ2n) is 5.34. The maximum Gasteiger partial charge on any atom is 0.305 e. The Labute approximate surface area is 138 Å².